The molecule has 0 saturated carbocycles. The quantitative estimate of drug-likeness (QED) is 0.507. The van der Waals surface area contributed by atoms with Crippen LogP contribution in [0.4, 0.5) is 11.5 Å². The van der Waals surface area contributed by atoms with Crippen LogP contribution in [0.1, 0.15) is 10.5 Å². The van der Waals surface area contributed by atoms with Crippen LogP contribution >= 0.6 is 0 Å². The average Bonchev–Trinajstić information content (AvgIpc) is 2.98. The molecule has 0 aliphatic rings. The largest absolute Gasteiger partial charge is 0.477 e. The van der Waals surface area contributed by atoms with Crippen molar-refractivity contribution < 1.29 is 19.6 Å². The van der Waals surface area contributed by atoms with Gasteiger partial charge >= 0.3 is 11.7 Å². The lowest BCUT2D eigenvalue weighted by Gasteiger charge is -2.00. The first kappa shape index (κ1) is 13.2. The predicted octanol–water partition coefficient (Wildman–Crippen LogP) is -0.149. The third kappa shape index (κ3) is 2.95. The maximum atomic E-state index is 11.6. The minimum atomic E-state index is -1.21. The summed E-state index contributed by atoms with van der Waals surface area (Å²) < 4.78 is 1.08. The van der Waals surface area contributed by atoms with E-state index >= 15 is 0 Å². The lowest BCUT2D eigenvalue weighted by Crippen LogP contribution is -2.19. The highest BCUT2D eigenvalue weighted by Gasteiger charge is 2.13. The zero-order valence-electron chi connectivity index (χ0n) is 9.81. The summed E-state index contributed by atoms with van der Waals surface area (Å²) in [7, 11) is 0. The number of hydrogen-bond donors (Lipinski definition) is 3. The molecule has 2 aromatic heterocycles. The molecule has 0 aliphatic carbocycles. The Morgan fingerprint density at radius 3 is 2.85 bits per heavy atom. The molecule has 1 amide bonds. The molecule has 0 bridgehead atoms. The van der Waals surface area contributed by atoms with E-state index < -0.39 is 16.8 Å². The third-order valence-corrected chi connectivity index (χ3v) is 2.21. The molecule has 0 aliphatic heterocycles. The van der Waals surface area contributed by atoms with E-state index in [1.54, 1.807) is 0 Å². The molecule has 2 rings (SSSR count). The van der Waals surface area contributed by atoms with Crippen molar-refractivity contribution in [3.8, 4) is 0 Å². The van der Waals surface area contributed by atoms with Crippen LogP contribution in [-0.4, -0.2) is 41.9 Å². The number of aromatic amines is 1. The van der Waals surface area contributed by atoms with E-state index in [4.69, 9.17) is 5.11 Å². The summed E-state index contributed by atoms with van der Waals surface area (Å²) in [5.74, 6) is -1.72. The number of H-pyrrole nitrogens is 1. The highest BCUT2D eigenvalue weighted by Crippen LogP contribution is 2.08. The topological polar surface area (TPSA) is 156 Å². The van der Waals surface area contributed by atoms with Crippen LogP contribution in [0.25, 0.3) is 0 Å². The second kappa shape index (κ2) is 5.17. The standard InChI is InChI=1S/C9H8N6O5/c16-8(4-14-3-5(2-10-14)15(19)20)11-7-1-6(9(17)18)12-13-7/h1-3H,4H2,(H,17,18)(H2,11,12,13,16). The SMILES string of the molecule is O=C(Cn1cc([N+](=O)[O-])cn1)Nc1cc(C(=O)O)[nH]n1. The van der Waals surface area contributed by atoms with Gasteiger partial charge in [-0.1, -0.05) is 0 Å². The maximum absolute atomic E-state index is 11.6. The second-order valence-corrected chi connectivity index (χ2v) is 3.67. The van der Waals surface area contributed by atoms with Gasteiger partial charge in [0.15, 0.2) is 5.82 Å². The van der Waals surface area contributed by atoms with Crippen molar-refractivity contribution in [3.05, 3.63) is 34.3 Å². The van der Waals surface area contributed by atoms with E-state index in [1.807, 2.05) is 0 Å². The normalized spacial score (nSPS) is 10.2. The van der Waals surface area contributed by atoms with Crippen molar-refractivity contribution >= 4 is 23.4 Å². The summed E-state index contributed by atoms with van der Waals surface area (Å²) in [5.41, 5.74) is -0.402. The first-order valence-corrected chi connectivity index (χ1v) is 5.21. The third-order valence-electron chi connectivity index (χ3n) is 2.21. The van der Waals surface area contributed by atoms with Gasteiger partial charge in [-0.25, -0.2) is 4.79 Å². The number of amides is 1. The Bertz CT molecular complexity index is 618. The zero-order chi connectivity index (χ0) is 14.7. The molecule has 0 saturated heterocycles. The highest BCUT2D eigenvalue weighted by atomic mass is 16.6. The van der Waals surface area contributed by atoms with Crippen molar-refractivity contribution in [2.45, 2.75) is 6.54 Å². The Morgan fingerprint density at radius 2 is 2.30 bits per heavy atom. The van der Waals surface area contributed by atoms with Crippen LogP contribution < -0.4 is 5.32 Å². The van der Waals surface area contributed by atoms with E-state index in [1.165, 1.54) is 0 Å². The fourth-order valence-electron chi connectivity index (χ4n) is 1.36. The zero-order valence-corrected chi connectivity index (χ0v) is 9.81. The maximum Gasteiger partial charge on any atom is 0.353 e. The van der Waals surface area contributed by atoms with Crippen LogP contribution in [0.3, 0.4) is 0 Å². The summed E-state index contributed by atoms with van der Waals surface area (Å²) in [6.45, 7) is -0.261. The number of hydrogen-bond acceptors (Lipinski definition) is 6. The monoisotopic (exact) mass is 280 g/mol. The van der Waals surface area contributed by atoms with Gasteiger partial charge in [0.25, 0.3) is 0 Å². The lowest BCUT2D eigenvalue weighted by atomic mass is 10.4. The van der Waals surface area contributed by atoms with Crippen molar-refractivity contribution in [3.63, 3.8) is 0 Å². The number of carboxylic acid groups (broad SMARTS) is 1. The molecule has 0 aromatic carbocycles. The van der Waals surface area contributed by atoms with Gasteiger partial charge < -0.3 is 10.4 Å². The Kier molecular flexibility index (Phi) is 3.41. The molecular formula is C9H8N6O5. The van der Waals surface area contributed by atoms with Crippen LogP contribution in [0, 0.1) is 10.1 Å². The molecule has 20 heavy (non-hydrogen) atoms. The lowest BCUT2D eigenvalue weighted by molar-refractivity contribution is -0.385. The number of aromatic nitrogens is 4. The Labute approximate surface area is 110 Å². The van der Waals surface area contributed by atoms with Gasteiger partial charge in [0, 0.05) is 6.07 Å². The molecule has 11 heteroatoms. The molecule has 2 heterocycles. The number of nitro groups is 1. The number of carboxylic acids is 1. The van der Waals surface area contributed by atoms with Crippen molar-refractivity contribution in [1.29, 1.82) is 0 Å². The highest BCUT2D eigenvalue weighted by molar-refractivity contribution is 5.92. The fourth-order valence-corrected chi connectivity index (χ4v) is 1.36. The van der Waals surface area contributed by atoms with Crippen LogP contribution in [0.5, 0.6) is 0 Å². The first-order valence-electron chi connectivity index (χ1n) is 5.21. The number of nitrogens with one attached hydrogen (secondary N) is 2. The number of rotatable bonds is 5. The summed E-state index contributed by atoms with van der Waals surface area (Å²) in [6.07, 6.45) is 2.12. The summed E-state index contributed by atoms with van der Waals surface area (Å²) in [6, 6.07) is 1.14. The van der Waals surface area contributed by atoms with E-state index in [2.05, 4.69) is 20.6 Å². The molecule has 0 radical (unpaired) electrons. The van der Waals surface area contributed by atoms with E-state index in [0.717, 1.165) is 23.1 Å². The molecule has 11 nitrogen and oxygen atoms in total. The van der Waals surface area contributed by atoms with Gasteiger partial charge in [-0.3, -0.25) is 24.7 Å². The van der Waals surface area contributed by atoms with Crippen LogP contribution in [0.15, 0.2) is 18.5 Å². The number of carbonyl (C=O) groups excluding carboxylic acids is 1. The Morgan fingerprint density at radius 1 is 1.55 bits per heavy atom. The minimum absolute atomic E-state index is 0.0362. The summed E-state index contributed by atoms with van der Waals surface area (Å²) >= 11 is 0. The Balaban J connectivity index is 1.97. The van der Waals surface area contributed by atoms with Gasteiger partial charge in [-0.2, -0.15) is 10.2 Å². The van der Waals surface area contributed by atoms with Crippen molar-refractivity contribution in [2.75, 3.05) is 5.32 Å². The van der Waals surface area contributed by atoms with Crippen LogP contribution in [0.2, 0.25) is 0 Å². The Hall–Kier alpha value is -3.24. The van der Waals surface area contributed by atoms with Gasteiger partial charge in [-0.15, -0.1) is 0 Å². The predicted molar refractivity (Wildman–Crippen MR) is 63.1 cm³/mol. The number of nitrogens with zero attached hydrogens (tertiary/aromatic N) is 4. The molecular weight excluding hydrogens is 272 g/mol. The van der Waals surface area contributed by atoms with E-state index in [0.29, 0.717) is 0 Å². The van der Waals surface area contributed by atoms with E-state index in [9.17, 15) is 19.7 Å². The number of carbonyl (C=O) groups is 2. The molecule has 0 fully saturated rings. The molecule has 104 valence electrons. The second-order valence-electron chi connectivity index (χ2n) is 3.67. The molecule has 0 unspecified atom stereocenters. The molecule has 3 N–H and O–H groups in total. The minimum Gasteiger partial charge on any atom is -0.477 e. The smallest absolute Gasteiger partial charge is 0.353 e. The number of anilines is 1. The van der Waals surface area contributed by atoms with Crippen molar-refractivity contribution in [2.24, 2.45) is 0 Å². The first-order chi connectivity index (χ1) is 9.45. The van der Waals surface area contributed by atoms with Gasteiger partial charge in [0.05, 0.1) is 4.92 Å². The average molecular weight is 280 g/mol. The molecule has 0 spiro atoms. The van der Waals surface area contributed by atoms with Gasteiger partial charge in [-0.05, 0) is 0 Å². The summed E-state index contributed by atoms with van der Waals surface area (Å²) in [4.78, 5) is 32.0. The van der Waals surface area contributed by atoms with Gasteiger partial charge in [0.2, 0.25) is 5.91 Å². The fraction of sp³-hybridized carbons (Fsp3) is 0.111. The van der Waals surface area contributed by atoms with Crippen molar-refractivity contribution in [1.82, 2.24) is 20.0 Å². The van der Waals surface area contributed by atoms with Crippen LogP contribution in [-0.2, 0) is 11.3 Å². The molecule has 2 aromatic rings. The van der Waals surface area contributed by atoms with Gasteiger partial charge in [0.1, 0.15) is 24.6 Å². The summed E-state index contributed by atoms with van der Waals surface area (Å²) in [5, 5.41) is 30.9. The van der Waals surface area contributed by atoms with E-state index in [-0.39, 0.29) is 23.7 Å². The number of aromatic carboxylic acids is 1. The molecule has 0 atom stereocenters.